The molecule has 0 bridgehead atoms. The molecule has 0 amide bonds. The number of thioether (sulfide) groups is 1. The molecule has 2 heteroatoms. The zero-order valence-corrected chi connectivity index (χ0v) is 17.0. The molecule has 0 aliphatic carbocycles. The highest BCUT2D eigenvalue weighted by Crippen LogP contribution is 2.50. The zero-order chi connectivity index (χ0) is 18.7. The first-order valence-electron chi connectivity index (χ1n) is 9.73. The van der Waals surface area contributed by atoms with Gasteiger partial charge in [0.25, 0.3) is 0 Å². The molecule has 0 saturated carbocycles. The third kappa shape index (κ3) is 3.44. The highest BCUT2D eigenvalue weighted by atomic mass is 32.2. The predicted molar refractivity (Wildman–Crippen MR) is 117 cm³/mol. The molecule has 0 aromatic heterocycles. The molecule has 138 valence electrons. The molecule has 1 aliphatic rings. The summed E-state index contributed by atoms with van der Waals surface area (Å²) >= 11 is 1.98. The molecule has 27 heavy (non-hydrogen) atoms. The Bertz CT molecular complexity index is 853. The van der Waals surface area contributed by atoms with Crippen LogP contribution < -0.4 is 0 Å². The first kappa shape index (κ1) is 18.3. The Balaban J connectivity index is 1.98. The SMILES string of the molecule is CN(C)CCCC1(c2ccccc2)c2ccccc2CSc2ccccc21. The maximum atomic E-state index is 2.36. The van der Waals surface area contributed by atoms with Crippen LogP contribution in [-0.2, 0) is 11.2 Å². The van der Waals surface area contributed by atoms with Crippen molar-refractivity contribution in [3.05, 3.63) is 101 Å². The Labute approximate surface area is 167 Å². The van der Waals surface area contributed by atoms with Crippen molar-refractivity contribution in [2.45, 2.75) is 28.9 Å². The van der Waals surface area contributed by atoms with Crippen molar-refractivity contribution in [3.63, 3.8) is 0 Å². The maximum Gasteiger partial charge on any atom is 0.0465 e. The van der Waals surface area contributed by atoms with Gasteiger partial charge in [0.1, 0.15) is 0 Å². The molecule has 1 heterocycles. The van der Waals surface area contributed by atoms with Gasteiger partial charge < -0.3 is 4.90 Å². The van der Waals surface area contributed by atoms with Crippen LogP contribution >= 0.6 is 11.8 Å². The van der Waals surface area contributed by atoms with Crippen LogP contribution in [0.25, 0.3) is 0 Å². The molecule has 3 aromatic rings. The first-order valence-corrected chi connectivity index (χ1v) is 10.7. The summed E-state index contributed by atoms with van der Waals surface area (Å²) in [6, 6.07) is 29.2. The van der Waals surface area contributed by atoms with Crippen LogP contribution in [0.15, 0.2) is 83.8 Å². The summed E-state index contributed by atoms with van der Waals surface area (Å²) in [6.07, 6.45) is 2.28. The van der Waals surface area contributed by atoms with Crippen molar-refractivity contribution in [2.24, 2.45) is 0 Å². The van der Waals surface area contributed by atoms with Gasteiger partial charge in [-0.2, -0.15) is 0 Å². The molecule has 3 aromatic carbocycles. The van der Waals surface area contributed by atoms with E-state index in [9.17, 15) is 0 Å². The van der Waals surface area contributed by atoms with Crippen LogP contribution in [0.2, 0.25) is 0 Å². The summed E-state index contributed by atoms with van der Waals surface area (Å²) in [5, 5.41) is 0. The Kier molecular flexibility index (Phi) is 5.38. The number of fused-ring (bicyclic) bond motifs is 2. The normalized spacial score (nSPS) is 18.6. The third-order valence-corrected chi connectivity index (χ3v) is 6.75. The second-order valence-electron chi connectivity index (χ2n) is 7.62. The van der Waals surface area contributed by atoms with Gasteiger partial charge in [-0.25, -0.2) is 0 Å². The molecule has 0 radical (unpaired) electrons. The maximum absolute atomic E-state index is 2.36. The highest BCUT2D eigenvalue weighted by Gasteiger charge is 2.40. The minimum Gasteiger partial charge on any atom is -0.309 e. The topological polar surface area (TPSA) is 3.24 Å². The monoisotopic (exact) mass is 373 g/mol. The van der Waals surface area contributed by atoms with Crippen molar-refractivity contribution < 1.29 is 0 Å². The molecular weight excluding hydrogens is 346 g/mol. The van der Waals surface area contributed by atoms with Crippen molar-refractivity contribution in [1.82, 2.24) is 4.90 Å². The van der Waals surface area contributed by atoms with Crippen LogP contribution in [-0.4, -0.2) is 25.5 Å². The van der Waals surface area contributed by atoms with E-state index in [-0.39, 0.29) is 5.41 Å². The van der Waals surface area contributed by atoms with Crippen molar-refractivity contribution in [2.75, 3.05) is 20.6 Å². The fourth-order valence-electron chi connectivity index (χ4n) is 4.42. The van der Waals surface area contributed by atoms with E-state index in [0.29, 0.717) is 0 Å². The average Bonchev–Trinajstić information content (AvgIpc) is 2.84. The van der Waals surface area contributed by atoms with Crippen LogP contribution in [0.1, 0.15) is 35.1 Å². The van der Waals surface area contributed by atoms with Gasteiger partial charge >= 0.3 is 0 Å². The Morgan fingerprint density at radius 1 is 0.815 bits per heavy atom. The van der Waals surface area contributed by atoms with E-state index in [0.717, 1.165) is 25.1 Å². The molecule has 0 N–H and O–H groups in total. The average molecular weight is 374 g/mol. The Morgan fingerprint density at radius 3 is 2.26 bits per heavy atom. The van der Waals surface area contributed by atoms with Crippen molar-refractivity contribution in [1.29, 1.82) is 0 Å². The lowest BCUT2D eigenvalue weighted by atomic mass is 9.65. The summed E-state index contributed by atoms with van der Waals surface area (Å²) in [6.45, 7) is 1.10. The zero-order valence-electron chi connectivity index (χ0n) is 16.2. The molecule has 1 unspecified atom stereocenters. The lowest BCUT2D eigenvalue weighted by molar-refractivity contribution is 0.374. The predicted octanol–water partition coefficient (Wildman–Crippen LogP) is 5.97. The molecule has 1 aliphatic heterocycles. The fraction of sp³-hybridized carbons (Fsp3) is 0.280. The molecule has 1 atom stereocenters. The Hall–Kier alpha value is -2.03. The molecule has 0 saturated heterocycles. The van der Waals surface area contributed by atoms with Gasteiger partial charge in [0.05, 0.1) is 0 Å². The quantitative estimate of drug-likeness (QED) is 0.542. The number of nitrogens with zero attached hydrogens (tertiary/aromatic N) is 1. The van der Waals surface area contributed by atoms with Gasteiger partial charge in [0.15, 0.2) is 0 Å². The second-order valence-corrected chi connectivity index (χ2v) is 8.64. The molecule has 0 fully saturated rings. The number of hydrogen-bond acceptors (Lipinski definition) is 2. The molecular formula is C25H27NS. The van der Waals surface area contributed by atoms with E-state index < -0.39 is 0 Å². The van der Waals surface area contributed by atoms with Crippen LogP contribution in [0.4, 0.5) is 0 Å². The van der Waals surface area contributed by atoms with E-state index in [1.54, 1.807) is 0 Å². The third-order valence-electron chi connectivity index (χ3n) is 5.63. The number of hydrogen-bond donors (Lipinski definition) is 0. The smallest absolute Gasteiger partial charge is 0.0465 e. The van der Waals surface area contributed by atoms with Crippen molar-refractivity contribution >= 4 is 11.8 Å². The highest BCUT2D eigenvalue weighted by molar-refractivity contribution is 7.98. The Morgan fingerprint density at radius 2 is 1.48 bits per heavy atom. The lowest BCUT2D eigenvalue weighted by Crippen LogP contribution is -2.31. The van der Waals surface area contributed by atoms with E-state index in [2.05, 4.69) is 97.9 Å². The molecule has 0 spiro atoms. The van der Waals surface area contributed by atoms with Crippen LogP contribution in [0, 0.1) is 0 Å². The summed E-state index contributed by atoms with van der Waals surface area (Å²) in [5.74, 6) is 1.04. The summed E-state index contributed by atoms with van der Waals surface area (Å²) in [4.78, 5) is 3.71. The van der Waals surface area contributed by atoms with Crippen LogP contribution in [0.3, 0.4) is 0 Å². The van der Waals surface area contributed by atoms with E-state index >= 15 is 0 Å². The van der Waals surface area contributed by atoms with Gasteiger partial charge in [0.2, 0.25) is 0 Å². The van der Waals surface area contributed by atoms with Gasteiger partial charge in [-0.3, -0.25) is 0 Å². The molecule has 4 rings (SSSR count). The summed E-state index contributed by atoms with van der Waals surface area (Å²) in [7, 11) is 4.33. The molecule has 1 nitrogen and oxygen atoms in total. The van der Waals surface area contributed by atoms with Crippen LogP contribution in [0.5, 0.6) is 0 Å². The summed E-state index contributed by atoms with van der Waals surface area (Å²) in [5.41, 5.74) is 5.73. The number of rotatable bonds is 5. The minimum absolute atomic E-state index is 0.0893. The van der Waals surface area contributed by atoms with E-state index in [4.69, 9.17) is 0 Å². The first-order chi connectivity index (χ1) is 13.2. The van der Waals surface area contributed by atoms with E-state index in [1.807, 2.05) is 11.8 Å². The van der Waals surface area contributed by atoms with Gasteiger partial charge in [0, 0.05) is 16.1 Å². The van der Waals surface area contributed by atoms with Crippen molar-refractivity contribution in [3.8, 4) is 0 Å². The number of benzene rings is 3. The largest absolute Gasteiger partial charge is 0.309 e. The van der Waals surface area contributed by atoms with E-state index in [1.165, 1.54) is 27.1 Å². The second kappa shape index (κ2) is 7.92. The minimum atomic E-state index is -0.0893. The standard InChI is InChI=1S/C25H27NS/c1-26(2)18-10-17-25(21-12-4-3-5-13-21)22-14-7-6-11-20(22)19-27-24-16-9-8-15-23(24)25/h3-9,11-16H,10,17-19H2,1-2H3. The summed E-state index contributed by atoms with van der Waals surface area (Å²) < 4.78 is 0. The lowest BCUT2D eigenvalue weighted by Gasteiger charge is -2.37. The van der Waals surface area contributed by atoms with Gasteiger partial charge in [-0.1, -0.05) is 72.8 Å². The van der Waals surface area contributed by atoms with Gasteiger partial charge in [-0.15, -0.1) is 11.8 Å². The fourth-order valence-corrected chi connectivity index (χ4v) is 5.55. The van der Waals surface area contributed by atoms with Gasteiger partial charge in [-0.05, 0) is 61.8 Å².